The molecule has 14 nitrogen and oxygen atoms in total. The molecule has 0 atom stereocenters. The Labute approximate surface area is 270 Å². The molecule has 0 heterocycles. The molecular weight excluding hydrogens is 592 g/mol. The van der Waals surface area contributed by atoms with Gasteiger partial charge in [-0.3, -0.25) is 9.59 Å². The minimum absolute atomic E-state index is 0.0435. The van der Waals surface area contributed by atoms with Gasteiger partial charge in [0.2, 0.25) is 5.91 Å². The summed E-state index contributed by atoms with van der Waals surface area (Å²) in [7, 11) is 0. The summed E-state index contributed by atoms with van der Waals surface area (Å²) >= 11 is 0. The molecule has 1 amide bonds. The molecule has 0 radical (unpaired) electrons. The molecule has 0 rings (SSSR count). The molecule has 0 saturated heterocycles. The van der Waals surface area contributed by atoms with E-state index in [0.717, 1.165) is 13.1 Å². The van der Waals surface area contributed by atoms with Crippen LogP contribution in [0.25, 0.3) is 0 Å². The number of carbonyl (C=O) groups excluding carboxylic acids is 2. The van der Waals surface area contributed by atoms with Crippen LogP contribution in [-0.4, -0.2) is 155 Å². The van der Waals surface area contributed by atoms with Crippen molar-refractivity contribution in [3.05, 3.63) is 0 Å². The Balaban J connectivity index is 3.16. The summed E-state index contributed by atoms with van der Waals surface area (Å²) in [5.41, 5.74) is -0.806. The van der Waals surface area contributed by atoms with Gasteiger partial charge in [0.1, 0.15) is 12.2 Å². The Kier molecular flexibility index (Phi) is 28.9. The van der Waals surface area contributed by atoms with E-state index in [1.54, 1.807) is 0 Å². The molecule has 0 aliphatic carbocycles. The SMILES string of the molecule is CC(C)(C)OCC(=O)NCCOCCOCCOCCOCCNCCOCCOCCOCCOCCC(=O)OC(C)(C)C. The second kappa shape index (κ2) is 29.9. The van der Waals surface area contributed by atoms with Gasteiger partial charge in [-0.25, -0.2) is 0 Å². The standard InChI is InChI=1S/C31H62N2O12/c1-30(2,3)44-27-28(34)33-10-14-39-18-22-43-26-25-42-21-17-38-13-9-32-8-12-37-16-20-41-24-23-40-19-15-36-11-7-29(35)45-31(4,5)6/h32H,7-27H2,1-6H3,(H,33,34). The predicted molar refractivity (Wildman–Crippen MR) is 169 cm³/mol. The number of esters is 1. The van der Waals surface area contributed by atoms with Gasteiger partial charge in [-0.15, -0.1) is 0 Å². The third-order valence-corrected chi connectivity index (χ3v) is 5.15. The molecule has 45 heavy (non-hydrogen) atoms. The fourth-order valence-electron chi connectivity index (χ4n) is 3.08. The lowest BCUT2D eigenvalue weighted by atomic mass is 10.2. The second-order valence-corrected chi connectivity index (χ2v) is 11.7. The van der Waals surface area contributed by atoms with Gasteiger partial charge in [0.05, 0.1) is 118 Å². The van der Waals surface area contributed by atoms with Gasteiger partial charge in [-0.05, 0) is 41.5 Å². The van der Waals surface area contributed by atoms with Crippen molar-refractivity contribution in [3.63, 3.8) is 0 Å². The van der Waals surface area contributed by atoms with E-state index in [-0.39, 0.29) is 30.5 Å². The highest BCUT2D eigenvalue weighted by Gasteiger charge is 2.15. The van der Waals surface area contributed by atoms with Crippen LogP contribution in [0.15, 0.2) is 0 Å². The highest BCUT2D eigenvalue weighted by atomic mass is 16.6. The van der Waals surface area contributed by atoms with Crippen molar-refractivity contribution in [1.82, 2.24) is 10.6 Å². The molecule has 268 valence electrons. The summed E-state index contributed by atoms with van der Waals surface area (Å²) < 4.78 is 54.2. The summed E-state index contributed by atoms with van der Waals surface area (Å²) in [6.07, 6.45) is 0.233. The number of hydrogen-bond acceptors (Lipinski definition) is 13. The van der Waals surface area contributed by atoms with E-state index < -0.39 is 5.60 Å². The third-order valence-electron chi connectivity index (χ3n) is 5.15. The highest BCUT2D eigenvalue weighted by Crippen LogP contribution is 2.08. The van der Waals surface area contributed by atoms with Gasteiger partial charge in [0, 0.05) is 19.6 Å². The van der Waals surface area contributed by atoms with Crippen molar-refractivity contribution in [3.8, 4) is 0 Å². The Hall–Kier alpha value is -1.46. The lowest BCUT2D eigenvalue weighted by Crippen LogP contribution is -2.34. The van der Waals surface area contributed by atoms with Gasteiger partial charge in [-0.2, -0.15) is 0 Å². The summed E-state index contributed by atoms with van der Waals surface area (Å²) in [5.74, 6) is -0.417. The largest absolute Gasteiger partial charge is 0.460 e. The zero-order chi connectivity index (χ0) is 33.5. The van der Waals surface area contributed by atoms with Gasteiger partial charge in [-0.1, -0.05) is 0 Å². The average molecular weight is 655 g/mol. The zero-order valence-corrected chi connectivity index (χ0v) is 28.7. The summed E-state index contributed by atoms with van der Waals surface area (Å²) in [6.45, 7) is 20.9. The van der Waals surface area contributed by atoms with Crippen LogP contribution in [0.1, 0.15) is 48.0 Å². The van der Waals surface area contributed by atoms with E-state index in [2.05, 4.69) is 10.6 Å². The maximum atomic E-state index is 11.6. The molecule has 0 aromatic heterocycles. The lowest BCUT2D eigenvalue weighted by Gasteiger charge is -2.19. The van der Waals surface area contributed by atoms with Gasteiger partial charge in [0.25, 0.3) is 0 Å². The molecule has 0 saturated carbocycles. The van der Waals surface area contributed by atoms with Crippen LogP contribution in [0.5, 0.6) is 0 Å². The fraction of sp³-hybridized carbons (Fsp3) is 0.935. The third kappa shape index (κ3) is 38.6. The van der Waals surface area contributed by atoms with E-state index in [1.165, 1.54) is 0 Å². The second-order valence-electron chi connectivity index (χ2n) is 11.7. The van der Waals surface area contributed by atoms with E-state index >= 15 is 0 Å². The normalized spacial score (nSPS) is 12.0. The van der Waals surface area contributed by atoms with Crippen molar-refractivity contribution < 1.29 is 57.0 Å². The number of carbonyl (C=O) groups is 2. The van der Waals surface area contributed by atoms with E-state index in [4.69, 9.17) is 47.4 Å². The minimum Gasteiger partial charge on any atom is -0.460 e. The monoisotopic (exact) mass is 654 g/mol. The highest BCUT2D eigenvalue weighted by molar-refractivity contribution is 5.77. The van der Waals surface area contributed by atoms with Crippen LogP contribution in [0.4, 0.5) is 0 Å². The molecular formula is C31H62N2O12. The van der Waals surface area contributed by atoms with Crippen molar-refractivity contribution >= 4 is 11.9 Å². The fourth-order valence-corrected chi connectivity index (χ4v) is 3.08. The number of ether oxygens (including phenoxy) is 10. The topological polar surface area (TPSA) is 151 Å². The maximum absolute atomic E-state index is 11.6. The minimum atomic E-state index is -0.473. The number of nitrogens with one attached hydrogen (secondary N) is 2. The van der Waals surface area contributed by atoms with Gasteiger partial charge < -0.3 is 58.0 Å². The van der Waals surface area contributed by atoms with Crippen LogP contribution in [0, 0.1) is 0 Å². The van der Waals surface area contributed by atoms with Crippen LogP contribution in [-0.2, 0) is 57.0 Å². The molecule has 0 aliphatic heterocycles. The Morgan fingerprint density at radius 1 is 0.467 bits per heavy atom. The first-order valence-corrected chi connectivity index (χ1v) is 15.9. The van der Waals surface area contributed by atoms with E-state index in [1.807, 2.05) is 41.5 Å². The molecule has 2 N–H and O–H groups in total. The number of hydrogen-bond donors (Lipinski definition) is 2. The van der Waals surface area contributed by atoms with Crippen LogP contribution < -0.4 is 10.6 Å². The average Bonchev–Trinajstić information content (AvgIpc) is 2.95. The van der Waals surface area contributed by atoms with Crippen LogP contribution >= 0.6 is 0 Å². The molecule has 0 aromatic carbocycles. The lowest BCUT2D eigenvalue weighted by molar-refractivity contribution is -0.156. The summed E-state index contributed by atoms with van der Waals surface area (Å²) in [4.78, 5) is 23.2. The van der Waals surface area contributed by atoms with E-state index in [0.29, 0.717) is 112 Å². The van der Waals surface area contributed by atoms with Crippen molar-refractivity contribution in [2.75, 3.05) is 132 Å². The van der Waals surface area contributed by atoms with Gasteiger partial charge >= 0.3 is 5.97 Å². The van der Waals surface area contributed by atoms with Crippen LogP contribution in [0.2, 0.25) is 0 Å². The number of rotatable bonds is 32. The molecule has 0 spiro atoms. The first-order valence-electron chi connectivity index (χ1n) is 15.9. The molecule has 0 bridgehead atoms. The Morgan fingerprint density at radius 2 is 0.822 bits per heavy atom. The Bertz CT molecular complexity index is 686. The Morgan fingerprint density at radius 3 is 1.20 bits per heavy atom. The van der Waals surface area contributed by atoms with Crippen molar-refractivity contribution in [2.45, 2.75) is 59.2 Å². The maximum Gasteiger partial charge on any atom is 0.308 e. The molecule has 14 heteroatoms. The van der Waals surface area contributed by atoms with E-state index in [9.17, 15) is 9.59 Å². The zero-order valence-electron chi connectivity index (χ0n) is 28.7. The predicted octanol–water partition coefficient (Wildman–Crippen LogP) is 1.37. The quantitative estimate of drug-likeness (QED) is 0.0795. The molecule has 0 aromatic rings. The smallest absolute Gasteiger partial charge is 0.308 e. The summed E-state index contributed by atoms with van der Waals surface area (Å²) in [5, 5.41) is 6.00. The summed E-state index contributed by atoms with van der Waals surface area (Å²) in [6, 6.07) is 0. The van der Waals surface area contributed by atoms with Gasteiger partial charge in [0.15, 0.2) is 0 Å². The molecule has 0 fully saturated rings. The molecule has 0 aliphatic rings. The van der Waals surface area contributed by atoms with Crippen molar-refractivity contribution in [2.24, 2.45) is 0 Å². The van der Waals surface area contributed by atoms with Crippen molar-refractivity contribution in [1.29, 1.82) is 0 Å². The van der Waals surface area contributed by atoms with Crippen LogP contribution in [0.3, 0.4) is 0 Å². The molecule has 0 unspecified atom stereocenters. The first kappa shape index (κ1) is 43.5. The number of amides is 1. The first-order chi connectivity index (χ1) is 21.5.